The van der Waals surface area contributed by atoms with E-state index in [4.69, 9.17) is 5.73 Å². The Labute approximate surface area is 132 Å². The van der Waals surface area contributed by atoms with Gasteiger partial charge in [-0.2, -0.15) is 4.31 Å². The van der Waals surface area contributed by atoms with Crippen molar-refractivity contribution in [2.45, 2.75) is 37.6 Å². The largest absolute Gasteiger partial charge is 0.329 e. The van der Waals surface area contributed by atoms with Crippen LogP contribution < -0.4 is 5.73 Å². The number of hydrogen-bond acceptors (Lipinski definition) is 3. The van der Waals surface area contributed by atoms with Crippen LogP contribution >= 0.6 is 12.4 Å². The average molecular weight is 337 g/mol. The lowest BCUT2D eigenvalue weighted by molar-refractivity contribution is 0.211. The fourth-order valence-corrected chi connectivity index (χ4v) is 4.30. The Morgan fingerprint density at radius 3 is 2.67 bits per heavy atom. The summed E-state index contributed by atoms with van der Waals surface area (Å²) in [5.41, 5.74) is 6.14. The molecule has 1 aliphatic heterocycles. The molecule has 0 radical (unpaired) electrons. The van der Waals surface area contributed by atoms with Gasteiger partial charge < -0.3 is 5.73 Å². The van der Waals surface area contributed by atoms with E-state index in [-0.39, 0.29) is 29.9 Å². The van der Waals surface area contributed by atoms with Crippen molar-refractivity contribution in [2.75, 3.05) is 13.1 Å². The standard InChI is InChI=1S/C14H21FN2O2S.ClH/c1-10-5-6-17(12(7-10)9-16)20(18,19)13-4-3-11(2)14(15)8-13;/h3-4,8,10,12H,5-7,9,16H2,1-2H3;1H. The monoisotopic (exact) mass is 336 g/mol. The molecular formula is C14H22ClFN2O2S. The Balaban J connectivity index is 0.00000220. The number of sulfonamides is 1. The number of benzene rings is 1. The van der Waals surface area contributed by atoms with Crippen molar-refractivity contribution >= 4 is 22.4 Å². The van der Waals surface area contributed by atoms with Crippen molar-refractivity contribution in [2.24, 2.45) is 11.7 Å². The summed E-state index contributed by atoms with van der Waals surface area (Å²) < 4.78 is 40.3. The summed E-state index contributed by atoms with van der Waals surface area (Å²) in [6.45, 7) is 4.44. The highest BCUT2D eigenvalue weighted by atomic mass is 35.5. The van der Waals surface area contributed by atoms with Crippen LogP contribution in [0.1, 0.15) is 25.3 Å². The van der Waals surface area contributed by atoms with Crippen LogP contribution in [0.2, 0.25) is 0 Å². The Morgan fingerprint density at radius 1 is 1.43 bits per heavy atom. The molecule has 21 heavy (non-hydrogen) atoms. The third-order valence-electron chi connectivity index (χ3n) is 3.95. The highest BCUT2D eigenvalue weighted by molar-refractivity contribution is 7.89. The fourth-order valence-electron chi connectivity index (χ4n) is 2.63. The molecule has 0 spiro atoms. The van der Waals surface area contributed by atoms with Crippen molar-refractivity contribution in [1.82, 2.24) is 4.31 Å². The maximum absolute atomic E-state index is 13.6. The van der Waals surface area contributed by atoms with Gasteiger partial charge in [-0.25, -0.2) is 12.8 Å². The number of piperidine rings is 1. The van der Waals surface area contributed by atoms with Crippen molar-refractivity contribution < 1.29 is 12.8 Å². The first-order valence-corrected chi connectivity index (χ1v) is 8.28. The molecule has 2 atom stereocenters. The molecule has 0 saturated carbocycles. The Kier molecular flexibility index (Phi) is 6.16. The molecule has 1 fully saturated rings. The lowest BCUT2D eigenvalue weighted by atomic mass is 9.94. The first kappa shape index (κ1) is 18.4. The van der Waals surface area contributed by atoms with Gasteiger partial charge in [0, 0.05) is 19.1 Å². The van der Waals surface area contributed by atoms with E-state index < -0.39 is 15.8 Å². The van der Waals surface area contributed by atoms with E-state index in [1.165, 1.54) is 16.4 Å². The number of halogens is 2. The summed E-state index contributed by atoms with van der Waals surface area (Å²) in [5.74, 6) is -0.0366. The van der Waals surface area contributed by atoms with Gasteiger partial charge >= 0.3 is 0 Å². The summed E-state index contributed by atoms with van der Waals surface area (Å²) in [6, 6.07) is 3.84. The van der Waals surface area contributed by atoms with Crippen molar-refractivity contribution in [1.29, 1.82) is 0 Å². The van der Waals surface area contributed by atoms with Crippen molar-refractivity contribution in [3.8, 4) is 0 Å². The second-order valence-electron chi connectivity index (χ2n) is 5.55. The molecule has 2 rings (SSSR count). The van der Waals surface area contributed by atoms with Gasteiger partial charge in [0.2, 0.25) is 10.0 Å². The van der Waals surface area contributed by atoms with Crippen LogP contribution in [0.3, 0.4) is 0 Å². The van der Waals surface area contributed by atoms with Crippen molar-refractivity contribution in [3.05, 3.63) is 29.6 Å². The third kappa shape index (κ3) is 3.74. The molecule has 120 valence electrons. The smallest absolute Gasteiger partial charge is 0.243 e. The highest BCUT2D eigenvalue weighted by Crippen LogP contribution is 2.28. The number of nitrogens with zero attached hydrogens (tertiary/aromatic N) is 1. The molecule has 2 unspecified atom stereocenters. The number of aryl methyl sites for hydroxylation is 1. The van der Waals surface area contributed by atoms with E-state index in [1.807, 2.05) is 0 Å². The molecule has 0 aliphatic carbocycles. The second kappa shape index (κ2) is 7.05. The fraction of sp³-hybridized carbons (Fsp3) is 0.571. The van der Waals surface area contributed by atoms with Gasteiger partial charge in [0.1, 0.15) is 5.82 Å². The molecule has 2 N–H and O–H groups in total. The first-order valence-electron chi connectivity index (χ1n) is 6.84. The highest BCUT2D eigenvalue weighted by Gasteiger charge is 2.35. The Hall–Kier alpha value is -0.690. The summed E-state index contributed by atoms with van der Waals surface area (Å²) in [7, 11) is -3.67. The van der Waals surface area contributed by atoms with E-state index in [0.29, 0.717) is 18.0 Å². The van der Waals surface area contributed by atoms with E-state index in [2.05, 4.69) is 6.92 Å². The van der Waals surface area contributed by atoms with Crippen LogP contribution in [0.25, 0.3) is 0 Å². The molecule has 7 heteroatoms. The summed E-state index contributed by atoms with van der Waals surface area (Å²) in [5, 5.41) is 0. The lowest BCUT2D eigenvalue weighted by Crippen LogP contribution is -2.49. The zero-order valence-corrected chi connectivity index (χ0v) is 13.9. The molecule has 0 bridgehead atoms. The number of nitrogens with two attached hydrogens (primary N) is 1. The predicted octanol–water partition coefficient (Wildman–Crippen LogP) is 2.30. The molecule has 0 amide bonds. The molecule has 1 heterocycles. The topological polar surface area (TPSA) is 63.4 Å². The van der Waals surface area contributed by atoms with Gasteiger partial charge in [0.15, 0.2) is 0 Å². The van der Waals surface area contributed by atoms with Crippen LogP contribution in [-0.2, 0) is 10.0 Å². The molecule has 0 aromatic heterocycles. The predicted molar refractivity (Wildman–Crippen MR) is 83.5 cm³/mol. The minimum Gasteiger partial charge on any atom is -0.329 e. The quantitative estimate of drug-likeness (QED) is 0.921. The Bertz CT molecular complexity index is 595. The van der Waals surface area contributed by atoms with E-state index in [9.17, 15) is 12.8 Å². The second-order valence-corrected chi connectivity index (χ2v) is 7.44. The van der Waals surface area contributed by atoms with Crippen LogP contribution in [0.4, 0.5) is 4.39 Å². The molecule has 4 nitrogen and oxygen atoms in total. The molecule has 1 saturated heterocycles. The summed E-state index contributed by atoms with van der Waals surface area (Å²) in [4.78, 5) is 0.00797. The summed E-state index contributed by atoms with van der Waals surface area (Å²) >= 11 is 0. The molecular weight excluding hydrogens is 315 g/mol. The van der Waals surface area contributed by atoms with Gasteiger partial charge in [-0.05, 0) is 43.4 Å². The van der Waals surface area contributed by atoms with E-state index >= 15 is 0 Å². The van der Waals surface area contributed by atoms with Gasteiger partial charge in [-0.1, -0.05) is 13.0 Å². The minimum absolute atomic E-state index is 0. The minimum atomic E-state index is -3.67. The third-order valence-corrected chi connectivity index (χ3v) is 5.89. The van der Waals surface area contributed by atoms with E-state index in [1.54, 1.807) is 6.92 Å². The zero-order chi connectivity index (χ0) is 14.9. The van der Waals surface area contributed by atoms with E-state index in [0.717, 1.165) is 18.9 Å². The maximum Gasteiger partial charge on any atom is 0.243 e. The maximum atomic E-state index is 13.6. The first-order chi connectivity index (χ1) is 9.36. The number of rotatable bonds is 3. The van der Waals surface area contributed by atoms with Crippen LogP contribution in [0, 0.1) is 18.7 Å². The normalized spacial score (nSPS) is 23.6. The molecule has 1 aliphatic rings. The van der Waals surface area contributed by atoms with Gasteiger partial charge in [0.25, 0.3) is 0 Å². The number of hydrogen-bond donors (Lipinski definition) is 1. The van der Waals surface area contributed by atoms with Crippen LogP contribution in [0.15, 0.2) is 23.1 Å². The SMILES string of the molecule is Cc1ccc(S(=O)(=O)N2CCC(C)CC2CN)cc1F.Cl. The average Bonchev–Trinajstić information content (AvgIpc) is 2.41. The zero-order valence-electron chi connectivity index (χ0n) is 12.3. The molecule has 1 aromatic rings. The summed E-state index contributed by atoms with van der Waals surface area (Å²) in [6.07, 6.45) is 1.56. The lowest BCUT2D eigenvalue weighted by Gasteiger charge is -2.36. The van der Waals surface area contributed by atoms with Gasteiger partial charge in [0.05, 0.1) is 4.90 Å². The Morgan fingerprint density at radius 2 is 2.10 bits per heavy atom. The van der Waals surface area contributed by atoms with Crippen LogP contribution in [0.5, 0.6) is 0 Å². The van der Waals surface area contributed by atoms with Gasteiger partial charge in [-0.15, -0.1) is 12.4 Å². The van der Waals surface area contributed by atoms with Crippen LogP contribution in [-0.4, -0.2) is 31.9 Å². The van der Waals surface area contributed by atoms with Gasteiger partial charge in [-0.3, -0.25) is 0 Å². The molecule has 1 aromatic carbocycles. The van der Waals surface area contributed by atoms with Crippen molar-refractivity contribution in [3.63, 3.8) is 0 Å².